The van der Waals surface area contributed by atoms with Crippen molar-refractivity contribution in [2.45, 2.75) is 33.9 Å². The summed E-state index contributed by atoms with van der Waals surface area (Å²) in [6.45, 7) is 7.25. The van der Waals surface area contributed by atoms with Gasteiger partial charge in [0.05, 0.1) is 30.8 Å². The topological polar surface area (TPSA) is 80.3 Å². The number of hydrogen-bond acceptors (Lipinski definition) is 4. The predicted molar refractivity (Wildman–Crippen MR) is 117 cm³/mol. The lowest BCUT2D eigenvalue weighted by molar-refractivity contribution is 0.463. The Morgan fingerprint density at radius 3 is 2.71 bits per heavy atom. The van der Waals surface area contributed by atoms with E-state index in [0.717, 1.165) is 17.0 Å². The first-order valence-electron chi connectivity index (χ1n) is 8.78. The van der Waals surface area contributed by atoms with Crippen molar-refractivity contribution in [2.75, 3.05) is 6.54 Å². The average Bonchev–Trinajstić information content (AvgIpc) is 3.28. The van der Waals surface area contributed by atoms with Crippen LogP contribution in [0.1, 0.15) is 29.8 Å². The van der Waals surface area contributed by atoms with E-state index in [4.69, 9.17) is 4.42 Å². The molecule has 0 atom stereocenters. The molecule has 0 aliphatic heterocycles. The molecule has 2 aromatic heterocycles. The summed E-state index contributed by atoms with van der Waals surface area (Å²) in [4.78, 5) is 12.8. The van der Waals surface area contributed by atoms with Crippen molar-refractivity contribution >= 4 is 29.9 Å². The van der Waals surface area contributed by atoms with Crippen molar-refractivity contribution < 1.29 is 8.81 Å². The third kappa shape index (κ3) is 5.54. The molecule has 0 unspecified atom stereocenters. The Kier molecular flexibility index (Phi) is 7.97. The third-order valence-electron chi connectivity index (χ3n) is 4.04. The zero-order chi connectivity index (χ0) is 19.2. The first kappa shape index (κ1) is 21.9. The Morgan fingerprint density at radius 1 is 1.29 bits per heavy atom. The van der Waals surface area contributed by atoms with Crippen LogP contribution in [0.4, 0.5) is 4.39 Å². The van der Waals surface area contributed by atoms with Gasteiger partial charge >= 0.3 is 0 Å². The van der Waals surface area contributed by atoms with Crippen molar-refractivity contribution in [2.24, 2.45) is 4.99 Å². The van der Waals surface area contributed by atoms with E-state index in [-0.39, 0.29) is 29.8 Å². The predicted octanol–water partition coefficient (Wildman–Crippen LogP) is 3.49. The fourth-order valence-corrected chi connectivity index (χ4v) is 2.55. The number of imidazole rings is 1. The maximum Gasteiger partial charge on any atom is 0.214 e. The van der Waals surface area contributed by atoms with Crippen molar-refractivity contribution in [1.29, 1.82) is 0 Å². The van der Waals surface area contributed by atoms with Crippen LogP contribution in [0, 0.1) is 19.7 Å². The molecule has 28 heavy (non-hydrogen) atoms. The van der Waals surface area contributed by atoms with Crippen LogP contribution in [0.5, 0.6) is 0 Å². The molecule has 2 heterocycles. The van der Waals surface area contributed by atoms with Gasteiger partial charge in [0.2, 0.25) is 5.89 Å². The van der Waals surface area contributed by atoms with Crippen LogP contribution in [0.3, 0.4) is 0 Å². The van der Waals surface area contributed by atoms with Gasteiger partial charge in [-0.15, -0.1) is 24.0 Å². The quantitative estimate of drug-likeness (QED) is 0.309. The van der Waals surface area contributed by atoms with E-state index in [1.807, 2.05) is 26.8 Å². The molecule has 0 spiro atoms. The van der Waals surface area contributed by atoms with Crippen LogP contribution < -0.4 is 10.6 Å². The number of aryl methyl sites for hydroxylation is 2. The van der Waals surface area contributed by atoms with Gasteiger partial charge in [-0.25, -0.2) is 19.4 Å². The number of nitrogens with zero attached hydrogens (tertiary/aromatic N) is 4. The normalized spacial score (nSPS) is 11.2. The minimum Gasteiger partial charge on any atom is -0.444 e. The minimum atomic E-state index is -0.315. The van der Waals surface area contributed by atoms with Crippen LogP contribution >= 0.6 is 24.0 Å². The highest BCUT2D eigenvalue weighted by Gasteiger charge is 2.08. The number of hydrogen-bond donors (Lipinski definition) is 2. The Bertz CT molecular complexity index is 903. The number of aromatic nitrogens is 3. The van der Waals surface area contributed by atoms with E-state index in [9.17, 15) is 4.39 Å². The lowest BCUT2D eigenvalue weighted by Gasteiger charge is -2.10. The van der Waals surface area contributed by atoms with Crippen LogP contribution in [0.2, 0.25) is 0 Å². The van der Waals surface area contributed by atoms with Crippen molar-refractivity contribution in [3.63, 3.8) is 0 Å². The Labute approximate surface area is 180 Å². The zero-order valence-electron chi connectivity index (χ0n) is 16.1. The van der Waals surface area contributed by atoms with Crippen LogP contribution in [-0.4, -0.2) is 27.0 Å². The largest absolute Gasteiger partial charge is 0.444 e. The molecule has 0 amide bonds. The van der Waals surface area contributed by atoms with Crippen LogP contribution in [0.25, 0.3) is 5.69 Å². The molecule has 0 saturated carbocycles. The summed E-state index contributed by atoms with van der Waals surface area (Å²) in [5.41, 5.74) is 2.11. The second kappa shape index (κ2) is 10.2. The molecule has 0 aliphatic carbocycles. The van der Waals surface area contributed by atoms with E-state index < -0.39 is 0 Å². The monoisotopic (exact) mass is 498 g/mol. The molecule has 150 valence electrons. The minimum absolute atomic E-state index is 0. The smallest absolute Gasteiger partial charge is 0.214 e. The average molecular weight is 498 g/mol. The van der Waals surface area contributed by atoms with Gasteiger partial charge in [0.25, 0.3) is 0 Å². The summed E-state index contributed by atoms with van der Waals surface area (Å²) >= 11 is 0. The number of halogens is 2. The highest BCUT2D eigenvalue weighted by Crippen LogP contribution is 2.15. The fraction of sp³-hybridized carbons (Fsp3) is 0.316. The summed E-state index contributed by atoms with van der Waals surface area (Å²) in [5, 5.41) is 6.33. The lowest BCUT2D eigenvalue weighted by atomic mass is 10.2. The molecule has 3 rings (SSSR count). The number of guanidine groups is 1. The maximum atomic E-state index is 14.3. The van der Waals surface area contributed by atoms with Gasteiger partial charge in [0, 0.05) is 18.9 Å². The second-order valence-corrected chi connectivity index (χ2v) is 6.05. The maximum absolute atomic E-state index is 14.3. The fourth-order valence-electron chi connectivity index (χ4n) is 2.55. The standard InChI is InChI=1S/C19H23FN6O.HI/c1-4-22-19(24-11-18-25-13(2)14(3)27-18)23-10-15-5-6-17(16(20)9-15)26-8-7-21-12-26;/h5-9,12H,4,10-11H2,1-3H3,(H2,22,23,24);1H. The summed E-state index contributed by atoms with van der Waals surface area (Å²) in [5.74, 6) is 1.71. The number of benzene rings is 1. The summed E-state index contributed by atoms with van der Waals surface area (Å²) in [7, 11) is 0. The van der Waals surface area contributed by atoms with Gasteiger partial charge in [-0.2, -0.15) is 0 Å². The van der Waals surface area contributed by atoms with Gasteiger partial charge in [-0.1, -0.05) is 6.07 Å². The number of oxazole rings is 1. The van der Waals surface area contributed by atoms with E-state index in [1.54, 1.807) is 29.4 Å². The van der Waals surface area contributed by atoms with Gasteiger partial charge in [-0.05, 0) is 38.5 Å². The van der Waals surface area contributed by atoms with Gasteiger partial charge < -0.3 is 19.6 Å². The van der Waals surface area contributed by atoms with E-state index in [1.165, 1.54) is 6.07 Å². The number of rotatable bonds is 6. The highest BCUT2D eigenvalue weighted by atomic mass is 127. The molecule has 3 aromatic rings. The SMILES string of the molecule is CCNC(=NCc1ccc(-n2ccnc2)c(F)c1)NCc1nc(C)c(C)o1.I. The van der Waals surface area contributed by atoms with Gasteiger partial charge in [-0.3, -0.25) is 0 Å². The van der Waals surface area contributed by atoms with E-state index >= 15 is 0 Å². The van der Waals surface area contributed by atoms with Crippen molar-refractivity contribution in [3.8, 4) is 5.69 Å². The molecule has 1 aromatic carbocycles. The zero-order valence-corrected chi connectivity index (χ0v) is 18.4. The molecule has 0 radical (unpaired) electrons. The number of nitrogens with one attached hydrogen (secondary N) is 2. The molecule has 7 nitrogen and oxygen atoms in total. The highest BCUT2D eigenvalue weighted by molar-refractivity contribution is 14.0. The molecule has 0 aliphatic rings. The van der Waals surface area contributed by atoms with Crippen molar-refractivity contribution in [1.82, 2.24) is 25.2 Å². The molecule has 2 N–H and O–H groups in total. The Morgan fingerprint density at radius 2 is 2.11 bits per heavy atom. The van der Waals surface area contributed by atoms with Gasteiger partial charge in [0.15, 0.2) is 5.96 Å². The third-order valence-corrected chi connectivity index (χ3v) is 4.04. The summed E-state index contributed by atoms with van der Waals surface area (Å²) < 4.78 is 21.5. The lowest BCUT2D eigenvalue weighted by Crippen LogP contribution is -2.36. The number of aliphatic imine (C=N–C) groups is 1. The van der Waals surface area contributed by atoms with Gasteiger partial charge in [0.1, 0.15) is 11.6 Å². The first-order valence-corrected chi connectivity index (χ1v) is 8.78. The molecule has 0 bridgehead atoms. The van der Waals surface area contributed by atoms with E-state index in [2.05, 4.69) is 25.6 Å². The molecular weight excluding hydrogens is 474 g/mol. The van der Waals surface area contributed by atoms with E-state index in [0.29, 0.717) is 37.2 Å². The summed E-state index contributed by atoms with van der Waals surface area (Å²) in [6.07, 6.45) is 4.88. The van der Waals surface area contributed by atoms with Crippen LogP contribution in [-0.2, 0) is 13.1 Å². The van der Waals surface area contributed by atoms with Crippen LogP contribution in [0.15, 0.2) is 46.3 Å². The molecule has 9 heteroatoms. The molecule has 0 saturated heterocycles. The van der Waals surface area contributed by atoms with Crippen molar-refractivity contribution in [3.05, 3.63) is 65.6 Å². The Balaban J connectivity index is 0.00000280. The first-order chi connectivity index (χ1) is 13.1. The molecular formula is C19H24FIN6O. The summed E-state index contributed by atoms with van der Waals surface area (Å²) in [6, 6.07) is 5.07. The Hall–Kier alpha value is -2.43. The molecule has 0 fully saturated rings. The second-order valence-electron chi connectivity index (χ2n) is 6.05.